The number of rotatable bonds is 7. The average molecular weight is 251 g/mol. The normalized spacial score (nSPS) is 10.7. The second-order valence-corrected chi connectivity index (χ2v) is 4.11. The van der Waals surface area contributed by atoms with Gasteiger partial charge in [0.15, 0.2) is 0 Å². The van der Waals surface area contributed by atoms with Crippen LogP contribution in [0.1, 0.15) is 22.8 Å². The van der Waals surface area contributed by atoms with Gasteiger partial charge in [-0.1, -0.05) is 12.1 Å². The van der Waals surface area contributed by atoms with Crippen LogP contribution in [0.2, 0.25) is 0 Å². The molecule has 0 heterocycles. The van der Waals surface area contributed by atoms with E-state index in [1.165, 1.54) is 0 Å². The van der Waals surface area contributed by atoms with Gasteiger partial charge < -0.3 is 4.74 Å². The smallest absolute Gasteiger partial charge is 0.265 e. The molecule has 0 aliphatic carbocycles. The fraction of sp³-hybridized carbons (Fsp3) is 0.462. The molecule has 100 valence electrons. The van der Waals surface area contributed by atoms with Gasteiger partial charge in [-0.25, -0.2) is 5.84 Å². The highest BCUT2D eigenvalue weighted by Crippen LogP contribution is 2.07. The molecular formula is C13H21N3O2. The first kappa shape index (κ1) is 14.6. The number of nitrogen functional groups attached to an aromatic ring is 1. The average Bonchev–Trinajstić information content (AvgIpc) is 2.38. The molecule has 1 aromatic rings. The van der Waals surface area contributed by atoms with Crippen LogP contribution in [-0.2, 0) is 11.3 Å². The molecule has 0 saturated carbocycles. The van der Waals surface area contributed by atoms with E-state index >= 15 is 0 Å². The van der Waals surface area contributed by atoms with Gasteiger partial charge >= 0.3 is 0 Å². The summed E-state index contributed by atoms with van der Waals surface area (Å²) in [5.74, 6) is 4.84. The van der Waals surface area contributed by atoms with E-state index in [9.17, 15) is 4.79 Å². The molecule has 5 nitrogen and oxygen atoms in total. The van der Waals surface area contributed by atoms with E-state index in [1.807, 2.05) is 32.2 Å². The first-order chi connectivity index (χ1) is 8.67. The number of ether oxygens (including phenoxy) is 1. The lowest BCUT2D eigenvalue weighted by molar-refractivity contribution is 0.0953. The summed E-state index contributed by atoms with van der Waals surface area (Å²) in [6, 6.07) is 7.44. The second-order valence-electron chi connectivity index (χ2n) is 4.11. The van der Waals surface area contributed by atoms with Crippen LogP contribution in [0.4, 0.5) is 0 Å². The molecule has 0 saturated heterocycles. The molecule has 0 aromatic heterocycles. The zero-order valence-corrected chi connectivity index (χ0v) is 11.0. The van der Waals surface area contributed by atoms with Crippen molar-refractivity contribution in [1.82, 2.24) is 10.3 Å². The Morgan fingerprint density at radius 2 is 2.28 bits per heavy atom. The standard InChI is InChI=1S/C13H21N3O2/c1-3-18-8-7-16(2)10-11-5-4-6-12(9-11)13(17)15-14/h4-6,9H,3,7-8,10,14H2,1-2H3,(H,15,17). The Morgan fingerprint density at radius 3 is 2.94 bits per heavy atom. The molecule has 0 unspecified atom stereocenters. The van der Waals surface area contributed by atoms with E-state index in [1.54, 1.807) is 6.07 Å². The molecule has 18 heavy (non-hydrogen) atoms. The summed E-state index contributed by atoms with van der Waals surface area (Å²) in [6.45, 7) is 5.07. The Kier molecular flexibility index (Phi) is 6.35. The number of nitrogens with one attached hydrogen (secondary N) is 1. The van der Waals surface area contributed by atoms with Gasteiger partial charge in [0.25, 0.3) is 5.91 Å². The van der Waals surface area contributed by atoms with Crippen molar-refractivity contribution in [3.8, 4) is 0 Å². The van der Waals surface area contributed by atoms with Crippen LogP contribution in [-0.4, -0.2) is 37.6 Å². The summed E-state index contributed by atoms with van der Waals surface area (Å²) in [7, 11) is 2.02. The van der Waals surface area contributed by atoms with E-state index < -0.39 is 0 Å². The third-order valence-corrected chi connectivity index (χ3v) is 2.59. The molecule has 1 aromatic carbocycles. The zero-order chi connectivity index (χ0) is 13.4. The highest BCUT2D eigenvalue weighted by Gasteiger charge is 2.05. The quantitative estimate of drug-likeness (QED) is 0.325. The van der Waals surface area contributed by atoms with Gasteiger partial charge in [-0.3, -0.25) is 15.1 Å². The Bertz CT molecular complexity index is 382. The molecule has 0 aliphatic heterocycles. The van der Waals surface area contributed by atoms with Crippen LogP contribution >= 0.6 is 0 Å². The number of carbonyl (C=O) groups is 1. The third-order valence-electron chi connectivity index (χ3n) is 2.59. The minimum Gasteiger partial charge on any atom is -0.380 e. The van der Waals surface area contributed by atoms with Crippen molar-refractivity contribution in [3.63, 3.8) is 0 Å². The molecule has 0 bridgehead atoms. The lowest BCUT2D eigenvalue weighted by Gasteiger charge is -2.16. The van der Waals surface area contributed by atoms with Crippen molar-refractivity contribution in [2.75, 3.05) is 26.8 Å². The Labute approximate surface area is 108 Å². The summed E-state index contributed by atoms with van der Waals surface area (Å²) < 4.78 is 5.30. The highest BCUT2D eigenvalue weighted by molar-refractivity contribution is 5.93. The van der Waals surface area contributed by atoms with Gasteiger partial charge in [-0.15, -0.1) is 0 Å². The summed E-state index contributed by atoms with van der Waals surface area (Å²) in [4.78, 5) is 13.5. The highest BCUT2D eigenvalue weighted by atomic mass is 16.5. The maximum atomic E-state index is 11.4. The lowest BCUT2D eigenvalue weighted by atomic mass is 10.1. The van der Waals surface area contributed by atoms with Gasteiger partial charge in [0.2, 0.25) is 0 Å². The monoisotopic (exact) mass is 251 g/mol. The van der Waals surface area contributed by atoms with Crippen LogP contribution in [0.3, 0.4) is 0 Å². The number of hydrazine groups is 1. The topological polar surface area (TPSA) is 67.6 Å². The number of nitrogens with zero attached hydrogens (tertiary/aromatic N) is 1. The van der Waals surface area contributed by atoms with Crippen molar-refractivity contribution < 1.29 is 9.53 Å². The third kappa shape index (κ3) is 4.83. The van der Waals surface area contributed by atoms with Crippen molar-refractivity contribution in [1.29, 1.82) is 0 Å². The van der Waals surface area contributed by atoms with Crippen LogP contribution in [0, 0.1) is 0 Å². The van der Waals surface area contributed by atoms with E-state index in [0.29, 0.717) is 5.56 Å². The van der Waals surface area contributed by atoms with E-state index in [-0.39, 0.29) is 5.91 Å². The van der Waals surface area contributed by atoms with Gasteiger partial charge in [-0.05, 0) is 31.7 Å². The Balaban J connectivity index is 2.53. The second kappa shape index (κ2) is 7.81. The molecule has 0 radical (unpaired) electrons. The van der Waals surface area contributed by atoms with Gasteiger partial charge in [0.05, 0.1) is 6.61 Å². The first-order valence-electron chi connectivity index (χ1n) is 6.03. The van der Waals surface area contributed by atoms with Gasteiger partial charge in [-0.2, -0.15) is 0 Å². The number of likely N-dealkylation sites (N-methyl/N-ethyl adjacent to an activating group) is 1. The minimum atomic E-state index is -0.270. The van der Waals surface area contributed by atoms with Crippen molar-refractivity contribution in [2.45, 2.75) is 13.5 Å². The molecular weight excluding hydrogens is 230 g/mol. The van der Waals surface area contributed by atoms with Crippen LogP contribution < -0.4 is 11.3 Å². The van der Waals surface area contributed by atoms with E-state index in [4.69, 9.17) is 10.6 Å². The van der Waals surface area contributed by atoms with Crippen molar-refractivity contribution in [2.24, 2.45) is 5.84 Å². The maximum Gasteiger partial charge on any atom is 0.265 e. The number of benzene rings is 1. The number of hydrogen-bond acceptors (Lipinski definition) is 4. The first-order valence-corrected chi connectivity index (χ1v) is 6.03. The SMILES string of the molecule is CCOCCN(C)Cc1cccc(C(=O)NN)c1. The van der Waals surface area contributed by atoms with Crippen LogP contribution in [0.15, 0.2) is 24.3 Å². The number of carbonyl (C=O) groups excluding carboxylic acids is 1. The van der Waals surface area contributed by atoms with E-state index in [2.05, 4.69) is 10.3 Å². The fourth-order valence-corrected chi connectivity index (χ4v) is 1.65. The van der Waals surface area contributed by atoms with Crippen molar-refractivity contribution in [3.05, 3.63) is 35.4 Å². The molecule has 0 spiro atoms. The molecule has 0 atom stereocenters. The number of hydrogen-bond donors (Lipinski definition) is 2. The summed E-state index contributed by atoms with van der Waals surface area (Å²) >= 11 is 0. The Hall–Kier alpha value is -1.43. The number of amides is 1. The van der Waals surface area contributed by atoms with Gasteiger partial charge in [0.1, 0.15) is 0 Å². The zero-order valence-electron chi connectivity index (χ0n) is 11.0. The summed E-state index contributed by atoms with van der Waals surface area (Å²) in [6.07, 6.45) is 0. The molecule has 1 rings (SSSR count). The van der Waals surface area contributed by atoms with Crippen LogP contribution in [0.25, 0.3) is 0 Å². The lowest BCUT2D eigenvalue weighted by Crippen LogP contribution is -2.30. The molecule has 1 amide bonds. The fourth-order valence-electron chi connectivity index (χ4n) is 1.65. The summed E-state index contributed by atoms with van der Waals surface area (Å²) in [5.41, 5.74) is 3.79. The van der Waals surface area contributed by atoms with Gasteiger partial charge in [0, 0.05) is 25.3 Å². The summed E-state index contributed by atoms with van der Waals surface area (Å²) in [5, 5.41) is 0. The molecule has 5 heteroatoms. The maximum absolute atomic E-state index is 11.4. The minimum absolute atomic E-state index is 0.270. The van der Waals surface area contributed by atoms with Crippen LogP contribution in [0.5, 0.6) is 0 Å². The molecule has 0 aliphatic rings. The number of nitrogens with two attached hydrogens (primary N) is 1. The predicted octanol–water partition coefficient (Wildman–Crippen LogP) is 0.758. The largest absolute Gasteiger partial charge is 0.380 e. The molecule has 3 N–H and O–H groups in total. The van der Waals surface area contributed by atoms with E-state index in [0.717, 1.165) is 31.9 Å². The van der Waals surface area contributed by atoms with Crippen molar-refractivity contribution >= 4 is 5.91 Å². The Morgan fingerprint density at radius 1 is 1.50 bits per heavy atom. The molecule has 0 fully saturated rings. The predicted molar refractivity (Wildman–Crippen MR) is 70.9 cm³/mol.